The van der Waals surface area contributed by atoms with Crippen LogP contribution in [0.3, 0.4) is 0 Å². The van der Waals surface area contributed by atoms with Crippen LogP contribution in [-0.2, 0) is 15.6 Å². The van der Waals surface area contributed by atoms with Crippen molar-refractivity contribution in [2.75, 3.05) is 6.79 Å². The van der Waals surface area contributed by atoms with Gasteiger partial charge in [0.05, 0.1) is 16.2 Å². The van der Waals surface area contributed by atoms with E-state index in [2.05, 4.69) is 0 Å². The topological polar surface area (TPSA) is 78.9 Å². The van der Waals surface area contributed by atoms with Gasteiger partial charge in [-0.15, -0.1) is 0 Å². The fraction of sp³-hybridized carbons (Fsp3) is 0.0952. The number of carbonyl (C=O) groups excluding carboxylic acids is 1. The van der Waals surface area contributed by atoms with Gasteiger partial charge in [0.2, 0.25) is 6.79 Å². The number of rotatable bonds is 5. The summed E-state index contributed by atoms with van der Waals surface area (Å²) in [6.45, 7) is 0.130. The molecule has 142 valence electrons. The summed E-state index contributed by atoms with van der Waals surface area (Å²) in [6, 6.07) is 19.4. The molecule has 4 rings (SSSR count). The highest BCUT2D eigenvalue weighted by molar-refractivity contribution is 7.90. The first-order valence-corrected chi connectivity index (χ1v) is 10.2. The van der Waals surface area contributed by atoms with Gasteiger partial charge in [-0.2, -0.15) is 0 Å². The first kappa shape index (κ1) is 18.1. The summed E-state index contributed by atoms with van der Waals surface area (Å²) in [4.78, 5) is 12.7. The zero-order valence-corrected chi connectivity index (χ0v) is 15.5. The van der Waals surface area contributed by atoms with E-state index in [1.54, 1.807) is 66.7 Å². The maximum atomic E-state index is 12.5. The zero-order chi connectivity index (χ0) is 19.6. The molecule has 0 unspecified atom stereocenters. The second-order valence-electron chi connectivity index (χ2n) is 6.18. The largest absolute Gasteiger partial charge is 0.454 e. The monoisotopic (exact) mass is 396 g/mol. The molecule has 0 atom stereocenters. The van der Waals surface area contributed by atoms with Crippen LogP contribution >= 0.6 is 0 Å². The summed E-state index contributed by atoms with van der Waals surface area (Å²) < 4.78 is 40.9. The third kappa shape index (κ3) is 3.84. The maximum Gasteiger partial charge on any atom is 0.343 e. The van der Waals surface area contributed by atoms with Crippen molar-refractivity contribution < 1.29 is 27.4 Å². The number of sulfone groups is 1. The van der Waals surface area contributed by atoms with E-state index in [4.69, 9.17) is 14.2 Å². The fourth-order valence-electron chi connectivity index (χ4n) is 2.82. The normalized spacial score (nSPS) is 12.6. The van der Waals surface area contributed by atoms with Crippen molar-refractivity contribution in [3.05, 3.63) is 83.9 Å². The van der Waals surface area contributed by atoms with Gasteiger partial charge in [-0.25, -0.2) is 13.2 Å². The Morgan fingerprint density at radius 2 is 1.68 bits per heavy atom. The van der Waals surface area contributed by atoms with Gasteiger partial charge in [-0.05, 0) is 42.0 Å². The van der Waals surface area contributed by atoms with Gasteiger partial charge in [0.25, 0.3) is 0 Å². The number of benzene rings is 3. The lowest BCUT2D eigenvalue weighted by Crippen LogP contribution is -2.10. The Bertz CT molecular complexity index is 1120. The molecule has 0 amide bonds. The molecule has 3 aromatic carbocycles. The van der Waals surface area contributed by atoms with Crippen LogP contribution in [0.2, 0.25) is 0 Å². The van der Waals surface area contributed by atoms with Crippen LogP contribution in [0.1, 0.15) is 15.9 Å². The minimum absolute atomic E-state index is 0.130. The second kappa shape index (κ2) is 7.36. The molecule has 0 aliphatic carbocycles. The standard InChI is InChI=1S/C21H16O6S/c22-21(27-17-9-10-19-20(12-17)26-14-25-19)16-6-4-5-15(11-16)13-28(23,24)18-7-2-1-3-8-18/h1-12H,13-14H2. The van der Waals surface area contributed by atoms with Crippen molar-refractivity contribution in [2.45, 2.75) is 10.6 Å². The predicted molar refractivity (Wildman–Crippen MR) is 101 cm³/mol. The predicted octanol–water partition coefficient (Wildman–Crippen LogP) is 3.61. The molecule has 1 aliphatic heterocycles. The smallest absolute Gasteiger partial charge is 0.343 e. The molecule has 0 saturated heterocycles. The van der Waals surface area contributed by atoms with Gasteiger partial charge in [0.1, 0.15) is 5.75 Å². The lowest BCUT2D eigenvalue weighted by Gasteiger charge is -2.08. The van der Waals surface area contributed by atoms with Crippen molar-refractivity contribution in [3.8, 4) is 17.2 Å². The van der Waals surface area contributed by atoms with Crippen molar-refractivity contribution in [2.24, 2.45) is 0 Å². The molecule has 7 heteroatoms. The summed E-state index contributed by atoms with van der Waals surface area (Å²) in [5, 5.41) is 0. The van der Waals surface area contributed by atoms with Crippen molar-refractivity contribution in [1.82, 2.24) is 0 Å². The third-order valence-electron chi connectivity index (χ3n) is 4.18. The summed E-state index contributed by atoms with van der Waals surface area (Å²) in [5.74, 6) is 0.623. The highest BCUT2D eigenvalue weighted by atomic mass is 32.2. The summed E-state index contributed by atoms with van der Waals surface area (Å²) in [6.07, 6.45) is 0. The number of hydrogen-bond donors (Lipinski definition) is 0. The molecule has 0 bridgehead atoms. The SMILES string of the molecule is O=C(Oc1ccc2c(c1)OCO2)c1cccc(CS(=O)(=O)c2ccccc2)c1. The zero-order valence-electron chi connectivity index (χ0n) is 14.7. The Hall–Kier alpha value is -3.32. The van der Waals surface area contributed by atoms with Crippen LogP contribution in [0, 0.1) is 0 Å². The van der Waals surface area contributed by atoms with Crippen molar-refractivity contribution in [1.29, 1.82) is 0 Å². The van der Waals surface area contributed by atoms with E-state index < -0.39 is 15.8 Å². The molecule has 3 aromatic rings. The van der Waals surface area contributed by atoms with Gasteiger partial charge < -0.3 is 14.2 Å². The van der Waals surface area contributed by atoms with E-state index in [0.29, 0.717) is 22.8 Å². The van der Waals surface area contributed by atoms with E-state index in [-0.39, 0.29) is 23.0 Å². The second-order valence-corrected chi connectivity index (χ2v) is 8.17. The Kier molecular flexibility index (Phi) is 4.75. The number of carbonyl (C=O) groups is 1. The Morgan fingerprint density at radius 1 is 0.893 bits per heavy atom. The number of hydrogen-bond acceptors (Lipinski definition) is 6. The molecule has 0 spiro atoms. The maximum absolute atomic E-state index is 12.5. The van der Waals surface area contributed by atoms with E-state index in [1.165, 1.54) is 6.07 Å². The van der Waals surface area contributed by atoms with Crippen molar-refractivity contribution in [3.63, 3.8) is 0 Å². The quantitative estimate of drug-likeness (QED) is 0.484. The van der Waals surface area contributed by atoms with Crippen LogP contribution < -0.4 is 14.2 Å². The Labute approximate surface area is 162 Å². The van der Waals surface area contributed by atoms with E-state index in [1.807, 2.05) is 0 Å². The molecule has 0 saturated carbocycles. The van der Waals surface area contributed by atoms with Gasteiger partial charge in [-0.3, -0.25) is 0 Å². The highest BCUT2D eigenvalue weighted by Crippen LogP contribution is 2.35. The first-order valence-electron chi connectivity index (χ1n) is 8.50. The molecule has 0 N–H and O–H groups in total. The molecule has 6 nitrogen and oxygen atoms in total. The summed E-state index contributed by atoms with van der Waals surface area (Å²) in [7, 11) is -3.50. The average molecular weight is 396 g/mol. The minimum atomic E-state index is -3.50. The van der Waals surface area contributed by atoms with Gasteiger partial charge in [0.15, 0.2) is 21.3 Å². The number of ether oxygens (including phenoxy) is 3. The van der Waals surface area contributed by atoms with Crippen LogP contribution in [0.4, 0.5) is 0 Å². The van der Waals surface area contributed by atoms with E-state index >= 15 is 0 Å². The van der Waals surface area contributed by atoms with Gasteiger partial charge in [-0.1, -0.05) is 30.3 Å². The Balaban J connectivity index is 1.51. The summed E-state index contributed by atoms with van der Waals surface area (Å²) in [5.41, 5.74) is 0.766. The lowest BCUT2D eigenvalue weighted by molar-refractivity contribution is 0.0734. The lowest BCUT2D eigenvalue weighted by atomic mass is 10.1. The molecule has 0 radical (unpaired) electrons. The van der Waals surface area contributed by atoms with Crippen LogP contribution in [0.15, 0.2) is 77.7 Å². The number of esters is 1. The van der Waals surface area contributed by atoms with Crippen LogP contribution in [-0.4, -0.2) is 21.2 Å². The molecular formula is C21H16O6S. The van der Waals surface area contributed by atoms with E-state index in [0.717, 1.165) is 0 Å². The average Bonchev–Trinajstić information content (AvgIpc) is 3.16. The van der Waals surface area contributed by atoms with Gasteiger partial charge in [0, 0.05) is 6.07 Å². The third-order valence-corrected chi connectivity index (χ3v) is 5.88. The van der Waals surface area contributed by atoms with Crippen molar-refractivity contribution >= 4 is 15.8 Å². The first-order chi connectivity index (χ1) is 13.5. The van der Waals surface area contributed by atoms with Crippen LogP contribution in [0.25, 0.3) is 0 Å². The molecular weight excluding hydrogens is 380 g/mol. The fourth-order valence-corrected chi connectivity index (χ4v) is 4.18. The van der Waals surface area contributed by atoms with E-state index in [9.17, 15) is 13.2 Å². The van der Waals surface area contributed by atoms with Gasteiger partial charge >= 0.3 is 5.97 Å². The molecule has 0 aromatic heterocycles. The minimum Gasteiger partial charge on any atom is -0.454 e. The number of fused-ring (bicyclic) bond motifs is 1. The highest BCUT2D eigenvalue weighted by Gasteiger charge is 2.18. The molecule has 1 aliphatic rings. The van der Waals surface area contributed by atoms with Crippen LogP contribution in [0.5, 0.6) is 17.2 Å². The molecule has 1 heterocycles. The summed E-state index contributed by atoms with van der Waals surface area (Å²) >= 11 is 0. The molecule has 28 heavy (non-hydrogen) atoms. The Morgan fingerprint density at radius 3 is 2.50 bits per heavy atom. The molecule has 0 fully saturated rings.